The number of carbonyl (C=O) groups is 1. The highest BCUT2D eigenvalue weighted by atomic mass is 32.1. The minimum Gasteiger partial charge on any atom is -0.340 e. The number of thiophene rings is 1. The minimum atomic E-state index is 0.190. The van der Waals surface area contributed by atoms with Crippen molar-refractivity contribution in [1.29, 1.82) is 0 Å². The Bertz CT molecular complexity index is 407. The first-order chi connectivity index (χ1) is 9.10. The molecule has 2 rings (SSSR count). The highest BCUT2D eigenvalue weighted by Crippen LogP contribution is 2.21. The van der Waals surface area contributed by atoms with E-state index in [9.17, 15) is 4.79 Å². The summed E-state index contributed by atoms with van der Waals surface area (Å²) in [4.78, 5) is 16.3. The van der Waals surface area contributed by atoms with E-state index in [4.69, 9.17) is 5.73 Å². The van der Waals surface area contributed by atoms with Gasteiger partial charge >= 0.3 is 0 Å². The number of nitrogens with two attached hydrogens (primary N) is 1. The van der Waals surface area contributed by atoms with E-state index in [2.05, 4.69) is 23.3 Å². The number of hydrogen-bond acceptors (Lipinski definition) is 4. The SMILES string of the molecule is CC1CC(CN)CN1CC(=O)N(C)Cc1ccsc1. The lowest BCUT2D eigenvalue weighted by atomic mass is 10.1. The molecule has 0 spiro atoms. The van der Waals surface area contributed by atoms with Crippen LogP contribution in [0.15, 0.2) is 16.8 Å². The predicted octanol–water partition coefficient (Wildman–Crippen LogP) is 1.38. The second kappa shape index (κ2) is 6.50. The Morgan fingerprint density at radius 2 is 2.42 bits per heavy atom. The Labute approximate surface area is 119 Å². The van der Waals surface area contributed by atoms with Crippen LogP contribution in [0.4, 0.5) is 0 Å². The maximum absolute atomic E-state index is 12.2. The van der Waals surface area contributed by atoms with E-state index < -0.39 is 0 Å². The molecule has 0 aromatic carbocycles. The average molecular weight is 281 g/mol. The third-order valence-electron chi connectivity index (χ3n) is 3.89. The Balaban J connectivity index is 1.83. The summed E-state index contributed by atoms with van der Waals surface area (Å²) in [5.74, 6) is 0.737. The average Bonchev–Trinajstić information content (AvgIpc) is 3.00. The van der Waals surface area contributed by atoms with Crippen molar-refractivity contribution in [1.82, 2.24) is 9.80 Å². The van der Waals surface area contributed by atoms with E-state index in [1.54, 1.807) is 11.3 Å². The van der Waals surface area contributed by atoms with Crippen LogP contribution in [0.1, 0.15) is 18.9 Å². The molecule has 0 saturated carbocycles. The molecule has 0 bridgehead atoms. The zero-order valence-electron chi connectivity index (χ0n) is 11.7. The molecule has 106 valence electrons. The van der Waals surface area contributed by atoms with E-state index in [-0.39, 0.29) is 5.91 Å². The number of amides is 1. The van der Waals surface area contributed by atoms with Crippen LogP contribution in [0.2, 0.25) is 0 Å². The van der Waals surface area contributed by atoms with Crippen molar-refractivity contribution in [2.45, 2.75) is 25.9 Å². The summed E-state index contributed by atoms with van der Waals surface area (Å²) in [6.07, 6.45) is 1.11. The van der Waals surface area contributed by atoms with E-state index in [1.165, 1.54) is 5.56 Å². The van der Waals surface area contributed by atoms with Crippen LogP contribution in [0.25, 0.3) is 0 Å². The lowest BCUT2D eigenvalue weighted by Gasteiger charge is -2.24. The molecule has 1 amide bonds. The fraction of sp³-hybridized carbons (Fsp3) is 0.643. The van der Waals surface area contributed by atoms with Crippen molar-refractivity contribution < 1.29 is 4.79 Å². The van der Waals surface area contributed by atoms with Crippen molar-refractivity contribution in [3.05, 3.63) is 22.4 Å². The molecule has 4 nitrogen and oxygen atoms in total. The van der Waals surface area contributed by atoms with Crippen molar-refractivity contribution in [2.24, 2.45) is 11.7 Å². The van der Waals surface area contributed by atoms with E-state index in [0.717, 1.165) is 19.5 Å². The molecule has 2 atom stereocenters. The minimum absolute atomic E-state index is 0.190. The van der Waals surface area contributed by atoms with Crippen LogP contribution in [-0.4, -0.2) is 48.4 Å². The first-order valence-corrected chi connectivity index (χ1v) is 7.73. The molecule has 0 aliphatic carbocycles. The lowest BCUT2D eigenvalue weighted by molar-refractivity contribution is -0.131. The summed E-state index contributed by atoms with van der Waals surface area (Å²) < 4.78 is 0. The van der Waals surface area contributed by atoms with Gasteiger partial charge in [0.15, 0.2) is 0 Å². The third-order valence-corrected chi connectivity index (χ3v) is 4.62. The van der Waals surface area contributed by atoms with Gasteiger partial charge in [-0.3, -0.25) is 9.69 Å². The Morgan fingerprint density at radius 1 is 1.63 bits per heavy atom. The molecule has 1 aliphatic heterocycles. The molecule has 1 fully saturated rings. The monoisotopic (exact) mass is 281 g/mol. The molecule has 0 radical (unpaired) electrons. The normalized spacial score (nSPS) is 23.7. The molecule has 2 unspecified atom stereocenters. The summed E-state index contributed by atoms with van der Waals surface area (Å²) in [6.45, 7) is 5.07. The van der Waals surface area contributed by atoms with Gasteiger partial charge in [-0.25, -0.2) is 0 Å². The topological polar surface area (TPSA) is 49.6 Å². The number of likely N-dealkylation sites (tertiary alicyclic amines) is 1. The van der Waals surface area contributed by atoms with Crippen molar-refractivity contribution >= 4 is 17.2 Å². The highest BCUT2D eigenvalue weighted by Gasteiger charge is 2.29. The van der Waals surface area contributed by atoms with Gasteiger partial charge < -0.3 is 10.6 Å². The maximum Gasteiger partial charge on any atom is 0.236 e. The lowest BCUT2D eigenvalue weighted by Crippen LogP contribution is -2.39. The summed E-state index contributed by atoms with van der Waals surface area (Å²) in [5, 5.41) is 4.13. The highest BCUT2D eigenvalue weighted by molar-refractivity contribution is 7.07. The Kier molecular flexibility index (Phi) is 4.96. The summed E-state index contributed by atoms with van der Waals surface area (Å²) >= 11 is 1.67. The largest absolute Gasteiger partial charge is 0.340 e. The van der Waals surface area contributed by atoms with Crippen LogP contribution in [0, 0.1) is 5.92 Å². The maximum atomic E-state index is 12.2. The molecule has 1 aromatic heterocycles. The van der Waals surface area contributed by atoms with Crippen LogP contribution in [0.5, 0.6) is 0 Å². The molecule has 1 saturated heterocycles. The van der Waals surface area contributed by atoms with E-state index in [1.807, 2.05) is 17.3 Å². The summed E-state index contributed by atoms with van der Waals surface area (Å²) in [7, 11) is 1.88. The number of likely N-dealkylation sites (N-methyl/N-ethyl adjacent to an activating group) is 1. The standard InChI is InChI=1S/C14H23N3OS/c1-11-5-13(6-15)8-17(11)9-14(18)16(2)7-12-3-4-19-10-12/h3-4,10-11,13H,5-9,15H2,1-2H3. The molecule has 5 heteroatoms. The first kappa shape index (κ1) is 14.5. The van der Waals surface area contributed by atoms with Gasteiger partial charge in [-0.1, -0.05) is 0 Å². The van der Waals surface area contributed by atoms with Gasteiger partial charge in [-0.2, -0.15) is 11.3 Å². The van der Waals surface area contributed by atoms with Gasteiger partial charge in [0.2, 0.25) is 5.91 Å². The first-order valence-electron chi connectivity index (χ1n) is 6.79. The smallest absolute Gasteiger partial charge is 0.236 e. The van der Waals surface area contributed by atoms with Crippen molar-refractivity contribution in [2.75, 3.05) is 26.7 Å². The second-order valence-corrected chi connectivity index (χ2v) is 6.28. The number of carbonyl (C=O) groups excluding carboxylic acids is 1. The van der Waals surface area contributed by atoms with Crippen LogP contribution < -0.4 is 5.73 Å². The summed E-state index contributed by atoms with van der Waals surface area (Å²) in [5.41, 5.74) is 6.92. The van der Waals surface area contributed by atoms with Crippen LogP contribution in [0.3, 0.4) is 0 Å². The number of rotatable bonds is 5. The van der Waals surface area contributed by atoms with Gasteiger partial charge in [-0.05, 0) is 48.2 Å². The zero-order valence-corrected chi connectivity index (χ0v) is 12.5. The van der Waals surface area contributed by atoms with Gasteiger partial charge in [0, 0.05) is 26.2 Å². The van der Waals surface area contributed by atoms with Gasteiger partial charge in [0.25, 0.3) is 0 Å². The molecule has 1 aromatic rings. The molecular weight excluding hydrogens is 258 g/mol. The Hall–Kier alpha value is -0.910. The number of hydrogen-bond donors (Lipinski definition) is 1. The van der Waals surface area contributed by atoms with Gasteiger partial charge in [-0.15, -0.1) is 0 Å². The molecule has 19 heavy (non-hydrogen) atoms. The van der Waals surface area contributed by atoms with E-state index in [0.29, 0.717) is 25.0 Å². The fourth-order valence-corrected chi connectivity index (χ4v) is 3.31. The van der Waals surface area contributed by atoms with Crippen molar-refractivity contribution in [3.8, 4) is 0 Å². The van der Waals surface area contributed by atoms with Gasteiger partial charge in [0.1, 0.15) is 0 Å². The molecule has 1 aliphatic rings. The van der Waals surface area contributed by atoms with Crippen LogP contribution >= 0.6 is 11.3 Å². The predicted molar refractivity (Wildman–Crippen MR) is 79.0 cm³/mol. The Morgan fingerprint density at radius 3 is 3.00 bits per heavy atom. The quantitative estimate of drug-likeness (QED) is 0.887. The zero-order chi connectivity index (χ0) is 13.8. The number of nitrogens with zero attached hydrogens (tertiary/aromatic N) is 2. The fourth-order valence-electron chi connectivity index (χ4n) is 2.65. The second-order valence-electron chi connectivity index (χ2n) is 5.50. The van der Waals surface area contributed by atoms with E-state index >= 15 is 0 Å². The van der Waals surface area contributed by atoms with Crippen LogP contribution in [-0.2, 0) is 11.3 Å². The van der Waals surface area contributed by atoms with Gasteiger partial charge in [0.05, 0.1) is 6.54 Å². The molecule has 2 heterocycles. The van der Waals surface area contributed by atoms with Crippen molar-refractivity contribution in [3.63, 3.8) is 0 Å². The third kappa shape index (κ3) is 3.78. The summed E-state index contributed by atoms with van der Waals surface area (Å²) in [6, 6.07) is 2.53. The molecule has 2 N–H and O–H groups in total. The molecular formula is C14H23N3OS.